The van der Waals surface area contributed by atoms with Gasteiger partial charge in [-0.25, -0.2) is 9.97 Å². The quantitative estimate of drug-likeness (QED) is 0.682. The van der Waals surface area contributed by atoms with Crippen LogP contribution >= 0.6 is 0 Å². The van der Waals surface area contributed by atoms with Crippen molar-refractivity contribution >= 4 is 0 Å². The SMILES string of the molecule is COCCOCCc1nc(C)cc(CN)n1. The summed E-state index contributed by atoms with van der Waals surface area (Å²) in [5.74, 6) is 0.790. The van der Waals surface area contributed by atoms with Crippen LogP contribution in [0.4, 0.5) is 0 Å². The summed E-state index contributed by atoms with van der Waals surface area (Å²) >= 11 is 0. The Labute approximate surface area is 96.0 Å². The van der Waals surface area contributed by atoms with E-state index >= 15 is 0 Å². The monoisotopic (exact) mass is 225 g/mol. The number of aromatic nitrogens is 2. The van der Waals surface area contributed by atoms with Crippen LogP contribution in [0.1, 0.15) is 17.2 Å². The Hall–Kier alpha value is -1.04. The number of nitrogens with zero attached hydrogens (tertiary/aromatic N) is 2. The van der Waals surface area contributed by atoms with Gasteiger partial charge in [-0.05, 0) is 13.0 Å². The van der Waals surface area contributed by atoms with Gasteiger partial charge in [-0.1, -0.05) is 0 Å². The van der Waals surface area contributed by atoms with Crippen molar-refractivity contribution in [3.05, 3.63) is 23.3 Å². The molecule has 0 aliphatic rings. The molecule has 0 aromatic carbocycles. The molecule has 0 unspecified atom stereocenters. The molecule has 1 rings (SSSR count). The highest BCUT2D eigenvalue weighted by molar-refractivity contribution is 5.09. The Balaban J connectivity index is 2.38. The molecule has 0 bridgehead atoms. The van der Waals surface area contributed by atoms with E-state index in [4.69, 9.17) is 15.2 Å². The van der Waals surface area contributed by atoms with Gasteiger partial charge in [0.1, 0.15) is 5.82 Å². The van der Waals surface area contributed by atoms with Gasteiger partial charge in [0.05, 0.1) is 25.5 Å². The standard InChI is InChI=1S/C11H19N3O2/c1-9-7-10(8-12)14-11(13-9)3-4-16-6-5-15-2/h7H,3-6,8,12H2,1-2H3. The molecule has 1 heterocycles. The molecule has 0 fully saturated rings. The van der Waals surface area contributed by atoms with Crippen molar-refractivity contribution in [2.75, 3.05) is 26.9 Å². The van der Waals surface area contributed by atoms with Crippen LogP contribution in [0.5, 0.6) is 0 Å². The Bertz CT molecular complexity index is 318. The van der Waals surface area contributed by atoms with Gasteiger partial charge in [0.15, 0.2) is 0 Å². The predicted octanol–water partition coefficient (Wildman–Crippen LogP) is 0.449. The van der Waals surface area contributed by atoms with Crippen LogP contribution in [0.25, 0.3) is 0 Å². The second kappa shape index (κ2) is 7.27. The van der Waals surface area contributed by atoms with Crippen LogP contribution in [0.15, 0.2) is 6.07 Å². The van der Waals surface area contributed by atoms with E-state index in [1.54, 1.807) is 7.11 Å². The molecule has 0 amide bonds. The first kappa shape index (κ1) is 13.0. The zero-order valence-electron chi connectivity index (χ0n) is 9.90. The lowest BCUT2D eigenvalue weighted by molar-refractivity contribution is 0.0716. The Morgan fingerprint density at radius 3 is 2.75 bits per heavy atom. The largest absolute Gasteiger partial charge is 0.382 e. The number of methoxy groups -OCH3 is 1. The van der Waals surface area contributed by atoms with Crippen LogP contribution < -0.4 is 5.73 Å². The van der Waals surface area contributed by atoms with E-state index in [0.717, 1.165) is 17.2 Å². The molecule has 5 heteroatoms. The lowest BCUT2D eigenvalue weighted by Gasteiger charge is -2.05. The smallest absolute Gasteiger partial charge is 0.131 e. The number of nitrogens with two attached hydrogens (primary N) is 1. The molecule has 0 saturated carbocycles. The molecule has 0 saturated heterocycles. The summed E-state index contributed by atoms with van der Waals surface area (Å²) < 4.78 is 10.2. The number of hydrogen-bond acceptors (Lipinski definition) is 5. The maximum absolute atomic E-state index is 5.54. The second-order valence-electron chi connectivity index (χ2n) is 3.48. The van der Waals surface area contributed by atoms with Crippen LogP contribution in [0.3, 0.4) is 0 Å². The second-order valence-corrected chi connectivity index (χ2v) is 3.48. The van der Waals surface area contributed by atoms with Crippen LogP contribution in [-0.2, 0) is 22.4 Å². The minimum absolute atomic E-state index is 0.445. The van der Waals surface area contributed by atoms with E-state index in [1.807, 2.05) is 13.0 Å². The van der Waals surface area contributed by atoms with Gasteiger partial charge in [0, 0.05) is 25.8 Å². The van der Waals surface area contributed by atoms with E-state index < -0.39 is 0 Å². The van der Waals surface area contributed by atoms with Crippen LogP contribution in [-0.4, -0.2) is 36.9 Å². The molecule has 1 aromatic heterocycles. The Morgan fingerprint density at radius 1 is 1.25 bits per heavy atom. The van der Waals surface area contributed by atoms with Crippen LogP contribution in [0, 0.1) is 6.92 Å². The van der Waals surface area contributed by atoms with Crippen molar-refractivity contribution in [3.63, 3.8) is 0 Å². The van der Waals surface area contributed by atoms with Gasteiger partial charge < -0.3 is 15.2 Å². The summed E-state index contributed by atoms with van der Waals surface area (Å²) in [5.41, 5.74) is 7.36. The molecule has 0 radical (unpaired) electrons. The van der Waals surface area contributed by atoms with Crippen molar-refractivity contribution in [2.45, 2.75) is 19.9 Å². The average molecular weight is 225 g/mol. The summed E-state index contributed by atoms with van der Waals surface area (Å²) in [6, 6.07) is 1.90. The van der Waals surface area contributed by atoms with Crippen molar-refractivity contribution in [2.24, 2.45) is 5.73 Å². The summed E-state index contributed by atoms with van der Waals surface area (Å²) in [4.78, 5) is 8.64. The summed E-state index contributed by atoms with van der Waals surface area (Å²) in [5, 5.41) is 0. The molecule has 90 valence electrons. The highest BCUT2D eigenvalue weighted by atomic mass is 16.5. The van der Waals surface area contributed by atoms with Crippen molar-refractivity contribution in [1.29, 1.82) is 0 Å². The van der Waals surface area contributed by atoms with Crippen molar-refractivity contribution in [1.82, 2.24) is 9.97 Å². The number of hydrogen-bond donors (Lipinski definition) is 1. The molecule has 0 aliphatic heterocycles. The fourth-order valence-corrected chi connectivity index (χ4v) is 1.32. The molecule has 5 nitrogen and oxygen atoms in total. The van der Waals surface area contributed by atoms with Crippen molar-refractivity contribution < 1.29 is 9.47 Å². The highest BCUT2D eigenvalue weighted by Gasteiger charge is 2.01. The van der Waals surface area contributed by atoms with E-state index in [-0.39, 0.29) is 0 Å². The molecule has 16 heavy (non-hydrogen) atoms. The third-order valence-corrected chi connectivity index (χ3v) is 2.06. The number of aryl methyl sites for hydroxylation is 1. The first-order valence-electron chi connectivity index (χ1n) is 5.36. The van der Waals surface area contributed by atoms with Gasteiger partial charge >= 0.3 is 0 Å². The molecule has 1 aromatic rings. The highest BCUT2D eigenvalue weighted by Crippen LogP contribution is 2.00. The minimum Gasteiger partial charge on any atom is -0.382 e. The molecule has 0 spiro atoms. The predicted molar refractivity (Wildman–Crippen MR) is 61.1 cm³/mol. The van der Waals surface area contributed by atoms with Crippen molar-refractivity contribution in [3.8, 4) is 0 Å². The Morgan fingerprint density at radius 2 is 2.06 bits per heavy atom. The van der Waals surface area contributed by atoms with Gasteiger partial charge in [0.2, 0.25) is 0 Å². The van der Waals surface area contributed by atoms with Gasteiger partial charge in [0.25, 0.3) is 0 Å². The fourth-order valence-electron chi connectivity index (χ4n) is 1.32. The van der Waals surface area contributed by atoms with Gasteiger partial charge in [-0.2, -0.15) is 0 Å². The molecule has 2 N–H and O–H groups in total. The fraction of sp³-hybridized carbons (Fsp3) is 0.636. The first-order valence-corrected chi connectivity index (χ1v) is 5.36. The molecular formula is C11H19N3O2. The lowest BCUT2D eigenvalue weighted by atomic mass is 10.3. The van der Waals surface area contributed by atoms with E-state index in [2.05, 4.69) is 9.97 Å². The molecular weight excluding hydrogens is 206 g/mol. The van der Waals surface area contributed by atoms with Gasteiger partial charge in [-0.3, -0.25) is 0 Å². The van der Waals surface area contributed by atoms with Gasteiger partial charge in [-0.15, -0.1) is 0 Å². The average Bonchev–Trinajstić information content (AvgIpc) is 2.28. The normalized spacial score (nSPS) is 10.7. The topological polar surface area (TPSA) is 70.3 Å². The van der Waals surface area contributed by atoms with E-state index in [0.29, 0.717) is 32.8 Å². The molecule has 0 atom stereocenters. The van der Waals surface area contributed by atoms with E-state index in [1.165, 1.54) is 0 Å². The third kappa shape index (κ3) is 4.65. The zero-order chi connectivity index (χ0) is 11.8. The maximum atomic E-state index is 5.54. The Kier molecular flexibility index (Phi) is 5.92. The number of rotatable bonds is 7. The summed E-state index contributed by atoms with van der Waals surface area (Å²) in [6.45, 7) is 4.21. The lowest BCUT2D eigenvalue weighted by Crippen LogP contribution is -2.10. The summed E-state index contributed by atoms with van der Waals surface area (Å²) in [7, 11) is 1.65. The third-order valence-electron chi connectivity index (χ3n) is 2.06. The maximum Gasteiger partial charge on any atom is 0.131 e. The van der Waals surface area contributed by atoms with Crippen LogP contribution in [0.2, 0.25) is 0 Å². The number of ether oxygens (including phenoxy) is 2. The minimum atomic E-state index is 0.445. The summed E-state index contributed by atoms with van der Waals surface area (Å²) in [6.07, 6.45) is 0.707. The van der Waals surface area contributed by atoms with E-state index in [9.17, 15) is 0 Å². The first-order chi connectivity index (χ1) is 7.76. The zero-order valence-corrected chi connectivity index (χ0v) is 9.90. The molecule has 0 aliphatic carbocycles.